The van der Waals surface area contributed by atoms with Gasteiger partial charge in [-0.15, -0.1) is 0 Å². The summed E-state index contributed by atoms with van der Waals surface area (Å²) in [5.74, 6) is 0.0328. The van der Waals surface area contributed by atoms with Gasteiger partial charge in [-0.3, -0.25) is 4.79 Å². The molecule has 0 radical (unpaired) electrons. The van der Waals surface area contributed by atoms with Crippen LogP contribution in [0.2, 0.25) is 0 Å². The number of amides is 1. The van der Waals surface area contributed by atoms with E-state index >= 15 is 0 Å². The van der Waals surface area contributed by atoms with Crippen LogP contribution in [-0.2, 0) is 9.53 Å². The van der Waals surface area contributed by atoms with Crippen molar-refractivity contribution in [3.8, 4) is 5.75 Å². The average molecular weight is 341 g/mol. The first kappa shape index (κ1) is 18.5. The van der Waals surface area contributed by atoms with Crippen LogP contribution >= 0.6 is 0 Å². The van der Waals surface area contributed by atoms with Gasteiger partial charge in [0.05, 0.1) is 12.7 Å². The van der Waals surface area contributed by atoms with Crippen LogP contribution in [0.5, 0.6) is 5.75 Å². The summed E-state index contributed by atoms with van der Waals surface area (Å²) < 4.78 is 10.5. The summed E-state index contributed by atoms with van der Waals surface area (Å²) in [6, 6.07) is 10.5. The summed E-state index contributed by atoms with van der Waals surface area (Å²) in [5.41, 5.74) is 4.25. The molecule has 0 saturated heterocycles. The van der Waals surface area contributed by atoms with Crippen molar-refractivity contribution in [2.45, 2.75) is 33.8 Å². The van der Waals surface area contributed by atoms with Crippen molar-refractivity contribution >= 4 is 17.6 Å². The van der Waals surface area contributed by atoms with Crippen LogP contribution < -0.4 is 10.1 Å². The fourth-order valence-electron chi connectivity index (χ4n) is 2.42. The van der Waals surface area contributed by atoms with E-state index in [0.717, 1.165) is 16.7 Å². The van der Waals surface area contributed by atoms with Crippen molar-refractivity contribution in [1.29, 1.82) is 0 Å². The molecular formula is C20H23NO4. The number of esters is 1. The molecule has 0 spiro atoms. The van der Waals surface area contributed by atoms with Gasteiger partial charge in [0.1, 0.15) is 5.75 Å². The molecule has 5 nitrogen and oxygen atoms in total. The molecule has 1 atom stereocenters. The lowest BCUT2D eigenvalue weighted by molar-refractivity contribution is -0.122. The number of methoxy groups -OCH3 is 1. The fourth-order valence-corrected chi connectivity index (χ4v) is 2.42. The largest absolute Gasteiger partial charge is 0.481 e. The minimum absolute atomic E-state index is 0.260. The summed E-state index contributed by atoms with van der Waals surface area (Å²) in [5, 5.41) is 2.78. The van der Waals surface area contributed by atoms with Gasteiger partial charge in [-0.1, -0.05) is 6.07 Å². The summed E-state index contributed by atoms with van der Waals surface area (Å²) in [4.78, 5) is 23.8. The first-order valence-corrected chi connectivity index (χ1v) is 8.05. The Morgan fingerprint density at radius 1 is 1.04 bits per heavy atom. The maximum absolute atomic E-state index is 12.3. The second-order valence-electron chi connectivity index (χ2n) is 6.02. The minimum atomic E-state index is -0.653. The van der Waals surface area contributed by atoms with Gasteiger partial charge < -0.3 is 14.8 Å². The Morgan fingerprint density at radius 2 is 1.68 bits per heavy atom. The average Bonchev–Trinajstić information content (AvgIpc) is 2.59. The molecule has 0 aromatic heterocycles. The number of ether oxygens (including phenoxy) is 2. The SMILES string of the molecule is COC(=O)c1ccc(NC(=O)C(C)Oc2cc(C)cc(C)c2C)cc1. The van der Waals surface area contributed by atoms with Gasteiger partial charge in [-0.05, 0) is 74.7 Å². The predicted molar refractivity (Wildman–Crippen MR) is 97.2 cm³/mol. The van der Waals surface area contributed by atoms with Crippen molar-refractivity contribution in [3.63, 3.8) is 0 Å². The molecule has 0 heterocycles. The number of hydrogen-bond donors (Lipinski definition) is 1. The lowest BCUT2D eigenvalue weighted by Crippen LogP contribution is -2.30. The Kier molecular flexibility index (Phi) is 5.80. The Hall–Kier alpha value is -2.82. The molecule has 132 valence electrons. The number of carbonyl (C=O) groups is 2. The molecule has 0 aliphatic heterocycles. The van der Waals surface area contributed by atoms with Crippen molar-refractivity contribution < 1.29 is 19.1 Å². The number of carbonyl (C=O) groups excluding carboxylic acids is 2. The van der Waals surface area contributed by atoms with Crippen LogP contribution in [0.15, 0.2) is 36.4 Å². The summed E-state index contributed by atoms with van der Waals surface area (Å²) in [6.45, 7) is 7.69. The van der Waals surface area contributed by atoms with E-state index in [1.165, 1.54) is 7.11 Å². The molecule has 0 aliphatic carbocycles. The minimum Gasteiger partial charge on any atom is -0.481 e. The third-order valence-electron chi connectivity index (χ3n) is 4.01. The highest BCUT2D eigenvalue weighted by Crippen LogP contribution is 2.24. The van der Waals surface area contributed by atoms with Gasteiger partial charge in [-0.2, -0.15) is 0 Å². The number of rotatable bonds is 5. The van der Waals surface area contributed by atoms with Crippen LogP contribution in [-0.4, -0.2) is 25.1 Å². The highest BCUT2D eigenvalue weighted by molar-refractivity contribution is 5.95. The van der Waals surface area contributed by atoms with Gasteiger partial charge in [0.25, 0.3) is 5.91 Å². The Labute approximate surface area is 148 Å². The van der Waals surface area contributed by atoms with Gasteiger partial charge >= 0.3 is 5.97 Å². The molecule has 1 unspecified atom stereocenters. The molecule has 1 N–H and O–H groups in total. The van der Waals surface area contributed by atoms with Gasteiger partial charge in [0.15, 0.2) is 6.10 Å². The summed E-state index contributed by atoms with van der Waals surface area (Å²) >= 11 is 0. The Morgan fingerprint density at radius 3 is 2.28 bits per heavy atom. The van der Waals surface area contributed by atoms with Crippen LogP contribution in [0.3, 0.4) is 0 Å². The van der Waals surface area contributed by atoms with E-state index in [2.05, 4.69) is 16.1 Å². The molecule has 2 aromatic rings. The second kappa shape index (κ2) is 7.83. The normalized spacial score (nSPS) is 11.6. The molecule has 2 aromatic carbocycles. The zero-order valence-corrected chi connectivity index (χ0v) is 15.2. The van der Waals surface area contributed by atoms with E-state index in [0.29, 0.717) is 17.0 Å². The summed E-state index contributed by atoms with van der Waals surface area (Å²) in [6.07, 6.45) is -0.653. The van der Waals surface area contributed by atoms with Gasteiger partial charge in [0, 0.05) is 5.69 Å². The number of benzene rings is 2. The third-order valence-corrected chi connectivity index (χ3v) is 4.01. The van der Waals surface area contributed by atoms with E-state index in [9.17, 15) is 9.59 Å². The number of nitrogens with one attached hydrogen (secondary N) is 1. The lowest BCUT2D eigenvalue weighted by atomic mass is 10.1. The monoisotopic (exact) mass is 341 g/mol. The van der Waals surface area contributed by atoms with Crippen molar-refractivity contribution in [1.82, 2.24) is 0 Å². The highest BCUT2D eigenvalue weighted by Gasteiger charge is 2.17. The molecule has 25 heavy (non-hydrogen) atoms. The quantitative estimate of drug-likeness (QED) is 0.840. The predicted octanol–water partition coefficient (Wildman–Crippen LogP) is 3.80. The highest BCUT2D eigenvalue weighted by atomic mass is 16.5. The molecule has 2 rings (SSSR count). The van der Waals surface area contributed by atoms with Gasteiger partial charge in [-0.25, -0.2) is 4.79 Å². The first-order chi connectivity index (χ1) is 11.8. The smallest absolute Gasteiger partial charge is 0.337 e. The molecular weight excluding hydrogens is 318 g/mol. The number of aryl methyl sites for hydroxylation is 2. The molecule has 0 saturated carbocycles. The standard InChI is InChI=1S/C20H23NO4/c1-12-10-13(2)14(3)18(11-12)25-15(4)19(22)21-17-8-6-16(7-9-17)20(23)24-5/h6-11,15H,1-5H3,(H,21,22). The molecule has 0 aliphatic rings. The van der Waals surface area contributed by atoms with E-state index < -0.39 is 12.1 Å². The van der Waals surface area contributed by atoms with Crippen LogP contribution in [0.1, 0.15) is 34.0 Å². The molecule has 1 amide bonds. The van der Waals surface area contributed by atoms with Crippen molar-refractivity contribution in [2.75, 3.05) is 12.4 Å². The van der Waals surface area contributed by atoms with Crippen LogP contribution in [0, 0.1) is 20.8 Å². The van der Waals surface area contributed by atoms with E-state index in [1.54, 1.807) is 31.2 Å². The maximum Gasteiger partial charge on any atom is 0.337 e. The Balaban J connectivity index is 2.04. The van der Waals surface area contributed by atoms with Crippen molar-refractivity contribution in [3.05, 3.63) is 58.7 Å². The number of hydrogen-bond acceptors (Lipinski definition) is 4. The van der Waals surface area contributed by atoms with E-state index in [4.69, 9.17) is 4.74 Å². The molecule has 5 heteroatoms. The first-order valence-electron chi connectivity index (χ1n) is 8.05. The van der Waals surface area contributed by atoms with Crippen LogP contribution in [0.4, 0.5) is 5.69 Å². The summed E-state index contributed by atoms with van der Waals surface area (Å²) in [7, 11) is 1.33. The van der Waals surface area contributed by atoms with E-state index in [1.807, 2.05) is 26.8 Å². The Bertz CT molecular complexity index is 781. The van der Waals surface area contributed by atoms with Gasteiger partial charge in [0.2, 0.25) is 0 Å². The zero-order valence-electron chi connectivity index (χ0n) is 15.2. The van der Waals surface area contributed by atoms with Crippen molar-refractivity contribution in [2.24, 2.45) is 0 Å². The number of anilines is 1. The molecule has 0 bridgehead atoms. The van der Waals surface area contributed by atoms with E-state index in [-0.39, 0.29) is 5.91 Å². The topological polar surface area (TPSA) is 64.6 Å². The third kappa shape index (κ3) is 4.59. The second-order valence-corrected chi connectivity index (χ2v) is 6.02. The lowest BCUT2D eigenvalue weighted by Gasteiger charge is -2.18. The fraction of sp³-hybridized carbons (Fsp3) is 0.300. The van der Waals surface area contributed by atoms with Crippen LogP contribution in [0.25, 0.3) is 0 Å². The maximum atomic E-state index is 12.3. The zero-order chi connectivity index (χ0) is 18.6. The molecule has 0 fully saturated rings.